The van der Waals surface area contributed by atoms with Crippen molar-refractivity contribution in [2.24, 2.45) is 5.10 Å². The molecule has 1 amide bonds. The van der Waals surface area contributed by atoms with Gasteiger partial charge in [0.05, 0.1) is 12.0 Å². The van der Waals surface area contributed by atoms with Crippen LogP contribution in [0.5, 0.6) is 0 Å². The molecule has 0 aromatic heterocycles. The minimum Gasteiger partial charge on any atom is -0.272 e. The highest BCUT2D eigenvalue weighted by Gasteiger charge is 2.01. The van der Waals surface area contributed by atoms with E-state index in [2.05, 4.69) is 26.5 Å². The molecule has 1 N–H and O–H groups in total. The van der Waals surface area contributed by atoms with Gasteiger partial charge in [-0.25, -0.2) is 5.43 Å². The molecule has 0 bridgehead atoms. The summed E-state index contributed by atoms with van der Waals surface area (Å²) in [7, 11) is 0. The Morgan fingerprint density at radius 1 is 1.15 bits per heavy atom. The predicted molar refractivity (Wildman–Crippen MR) is 87.0 cm³/mol. The maximum absolute atomic E-state index is 11.6. The molecule has 0 saturated heterocycles. The fourth-order valence-electron chi connectivity index (χ4n) is 1.45. The highest BCUT2D eigenvalue weighted by molar-refractivity contribution is 9.10. The van der Waals surface area contributed by atoms with Gasteiger partial charge in [0.2, 0.25) is 5.91 Å². The lowest BCUT2D eigenvalue weighted by Crippen LogP contribution is -2.19. The number of hydrogen-bond donors (Lipinski definition) is 1. The van der Waals surface area contributed by atoms with E-state index in [1.54, 1.807) is 6.21 Å². The van der Waals surface area contributed by atoms with E-state index < -0.39 is 0 Å². The van der Waals surface area contributed by atoms with Crippen LogP contribution in [0.3, 0.4) is 0 Å². The van der Waals surface area contributed by atoms with Gasteiger partial charge in [0.1, 0.15) is 0 Å². The second-order valence-corrected chi connectivity index (χ2v) is 5.82. The zero-order valence-electron chi connectivity index (χ0n) is 10.6. The summed E-state index contributed by atoms with van der Waals surface area (Å²) >= 11 is 4.90. The smallest absolute Gasteiger partial charge is 0.250 e. The molecular formula is C15H13BrN2OS. The molecular weight excluding hydrogens is 336 g/mol. The monoisotopic (exact) mass is 348 g/mol. The van der Waals surface area contributed by atoms with E-state index in [0.717, 1.165) is 14.9 Å². The molecule has 2 rings (SSSR count). The number of carbonyl (C=O) groups is 1. The normalized spacial score (nSPS) is 10.7. The molecule has 5 heteroatoms. The molecule has 102 valence electrons. The van der Waals surface area contributed by atoms with Gasteiger partial charge in [-0.15, -0.1) is 11.8 Å². The van der Waals surface area contributed by atoms with Gasteiger partial charge in [0, 0.05) is 14.9 Å². The van der Waals surface area contributed by atoms with Crippen molar-refractivity contribution in [3.05, 3.63) is 64.6 Å². The van der Waals surface area contributed by atoms with E-state index >= 15 is 0 Å². The molecule has 0 spiro atoms. The standard InChI is InChI=1S/C15H13BrN2OS/c16-14-9-5-4-6-12(14)10-17-18-15(19)11-20-13-7-2-1-3-8-13/h1-10H,11H2,(H,18,19)/b17-10-. The molecule has 20 heavy (non-hydrogen) atoms. The molecule has 0 aliphatic rings. The topological polar surface area (TPSA) is 41.5 Å². The van der Waals surface area contributed by atoms with Crippen LogP contribution in [0.4, 0.5) is 0 Å². The van der Waals surface area contributed by atoms with Crippen LogP contribution in [-0.4, -0.2) is 17.9 Å². The van der Waals surface area contributed by atoms with E-state index in [9.17, 15) is 4.79 Å². The lowest BCUT2D eigenvalue weighted by molar-refractivity contribution is -0.118. The summed E-state index contributed by atoms with van der Waals surface area (Å²) in [5.74, 6) is 0.222. The number of carbonyl (C=O) groups excluding carboxylic acids is 1. The number of rotatable bonds is 5. The highest BCUT2D eigenvalue weighted by Crippen LogP contribution is 2.16. The summed E-state index contributed by atoms with van der Waals surface area (Å²) < 4.78 is 0.941. The second kappa shape index (κ2) is 7.87. The Labute approximate surface area is 130 Å². The van der Waals surface area contributed by atoms with Crippen molar-refractivity contribution in [1.82, 2.24) is 5.43 Å². The lowest BCUT2D eigenvalue weighted by Gasteiger charge is -2.01. The van der Waals surface area contributed by atoms with Crippen molar-refractivity contribution in [2.75, 3.05) is 5.75 Å². The first kappa shape index (κ1) is 14.8. The Morgan fingerprint density at radius 3 is 2.60 bits per heavy atom. The van der Waals surface area contributed by atoms with Gasteiger partial charge in [-0.05, 0) is 18.2 Å². The molecule has 0 saturated carbocycles. The first-order valence-corrected chi connectivity index (χ1v) is 7.78. The first-order chi connectivity index (χ1) is 9.75. The minimum atomic E-state index is -0.123. The number of halogens is 1. The molecule has 0 atom stereocenters. The average Bonchev–Trinajstić information content (AvgIpc) is 2.48. The van der Waals surface area contributed by atoms with E-state index in [0.29, 0.717) is 5.75 Å². The Hall–Kier alpha value is -1.59. The summed E-state index contributed by atoms with van der Waals surface area (Å²) in [5.41, 5.74) is 3.44. The van der Waals surface area contributed by atoms with Crippen LogP contribution in [0.2, 0.25) is 0 Å². The van der Waals surface area contributed by atoms with Gasteiger partial charge in [-0.1, -0.05) is 52.3 Å². The van der Waals surface area contributed by atoms with E-state index in [-0.39, 0.29) is 5.91 Å². The Bertz CT molecular complexity index is 602. The van der Waals surface area contributed by atoms with Crippen LogP contribution < -0.4 is 5.43 Å². The number of nitrogens with zero attached hydrogens (tertiary/aromatic N) is 1. The fraction of sp³-hybridized carbons (Fsp3) is 0.0667. The Balaban J connectivity index is 1.79. The number of thioether (sulfide) groups is 1. The summed E-state index contributed by atoms with van der Waals surface area (Å²) in [6, 6.07) is 17.5. The van der Waals surface area contributed by atoms with E-state index in [1.165, 1.54) is 11.8 Å². The number of hydrazone groups is 1. The van der Waals surface area contributed by atoms with Crippen LogP contribution in [0.15, 0.2) is 69.1 Å². The molecule has 2 aromatic rings. The highest BCUT2D eigenvalue weighted by atomic mass is 79.9. The van der Waals surface area contributed by atoms with Crippen LogP contribution >= 0.6 is 27.7 Å². The van der Waals surface area contributed by atoms with Crippen LogP contribution in [0, 0.1) is 0 Å². The fourth-order valence-corrected chi connectivity index (χ4v) is 2.55. The van der Waals surface area contributed by atoms with Crippen LogP contribution in [0.1, 0.15) is 5.56 Å². The second-order valence-electron chi connectivity index (χ2n) is 3.92. The maximum atomic E-state index is 11.6. The molecule has 0 aliphatic heterocycles. The SMILES string of the molecule is O=C(CSc1ccccc1)N/N=C\c1ccccc1Br. The van der Waals surface area contributed by atoms with Crippen LogP contribution in [-0.2, 0) is 4.79 Å². The van der Waals surface area contributed by atoms with Crippen molar-refractivity contribution < 1.29 is 4.79 Å². The number of hydrogen-bond acceptors (Lipinski definition) is 3. The van der Waals surface area contributed by atoms with Crippen molar-refractivity contribution >= 4 is 39.8 Å². The van der Waals surface area contributed by atoms with Gasteiger partial charge in [-0.2, -0.15) is 5.10 Å². The molecule has 0 fully saturated rings. The third kappa shape index (κ3) is 4.83. The zero-order chi connectivity index (χ0) is 14.2. The van der Waals surface area contributed by atoms with E-state index in [4.69, 9.17) is 0 Å². The Kier molecular flexibility index (Phi) is 5.83. The lowest BCUT2D eigenvalue weighted by atomic mass is 10.2. The maximum Gasteiger partial charge on any atom is 0.250 e. The molecule has 0 radical (unpaired) electrons. The summed E-state index contributed by atoms with van der Waals surface area (Å²) in [6.07, 6.45) is 1.62. The molecule has 0 heterocycles. The minimum absolute atomic E-state index is 0.123. The third-order valence-corrected chi connectivity index (χ3v) is 4.15. The van der Waals surface area contributed by atoms with Crippen molar-refractivity contribution in [3.63, 3.8) is 0 Å². The van der Waals surface area contributed by atoms with Gasteiger partial charge < -0.3 is 0 Å². The van der Waals surface area contributed by atoms with Gasteiger partial charge in [0.15, 0.2) is 0 Å². The predicted octanol–water partition coefficient (Wildman–Crippen LogP) is 3.69. The van der Waals surface area contributed by atoms with Crippen molar-refractivity contribution in [3.8, 4) is 0 Å². The number of benzene rings is 2. The molecule has 0 aliphatic carbocycles. The Morgan fingerprint density at radius 2 is 1.85 bits per heavy atom. The average molecular weight is 349 g/mol. The van der Waals surface area contributed by atoms with Gasteiger partial charge in [0.25, 0.3) is 0 Å². The van der Waals surface area contributed by atoms with Crippen molar-refractivity contribution in [1.29, 1.82) is 0 Å². The van der Waals surface area contributed by atoms with Crippen LogP contribution in [0.25, 0.3) is 0 Å². The number of nitrogens with one attached hydrogen (secondary N) is 1. The van der Waals surface area contributed by atoms with Gasteiger partial charge in [-0.3, -0.25) is 4.79 Å². The van der Waals surface area contributed by atoms with Gasteiger partial charge >= 0.3 is 0 Å². The summed E-state index contributed by atoms with van der Waals surface area (Å²) in [4.78, 5) is 12.7. The third-order valence-electron chi connectivity index (χ3n) is 2.41. The van der Waals surface area contributed by atoms with E-state index in [1.807, 2.05) is 54.6 Å². The largest absolute Gasteiger partial charge is 0.272 e. The first-order valence-electron chi connectivity index (χ1n) is 6.00. The quantitative estimate of drug-likeness (QED) is 0.508. The van der Waals surface area contributed by atoms with Crippen molar-refractivity contribution in [2.45, 2.75) is 4.90 Å². The molecule has 2 aromatic carbocycles. The number of amides is 1. The summed E-state index contributed by atoms with van der Waals surface area (Å²) in [5, 5.41) is 3.95. The zero-order valence-corrected chi connectivity index (χ0v) is 13.0. The molecule has 3 nitrogen and oxygen atoms in total. The molecule has 0 unspecified atom stereocenters. The summed E-state index contributed by atoms with van der Waals surface area (Å²) in [6.45, 7) is 0.